The lowest BCUT2D eigenvalue weighted by molar-refractivity contribution is 0.491. The molecule has 0 aliphatic heterocycles. The molecule has 0 bridgehead atoms. The maximum atomic E-state index is 13.6. The second-order valence-corrected chi connectivity index (χ2v) is 5.82. The van der Waals surface area contributed by atoms with Crippen molar-refractivity contribution in [2.45, 2.75) is 39.2 Å². The maximum Gasteiger partial charge on any atom is 0.178 e. The minimum atomic E-state index is -0.257. The Morgan fingerprint density at radius 3 is 2.89 bits per heavy atom. The molecule has 0 fully saturated rings. The lowest BCUT2D eigenvalue weighted by Crippen LogP contribution is -2.05. The summed E-state index contributed by atoms with van der Waals surface area (Å²) in [5.41, 5.74) is 1.71. The third-order valence-electron chi connectivity index (χ3n) is 3.17. The zero-order valence-electron chi connectivity index (χ0n) is 10.5. The van der Waals surface area contributed by atoms with Crippen LogP contribution in [0.4, 0.5) is 4.39 Å². The minimum Gasteiger partial charge on any atom is -0.331 e. The van der Waals surface area contributed by atoms with Crippen molar-refractivity contribution < 1.29 is 4.39 Å². The van der Waals surface area contributed by atoms with E-state index in [-0.39, 0.29) is 11.9 Å². The van der Waals surface area contributed by atoms with E-state index >= 15 is 0 Å². The molecule has 2 nitrogen and oxygen atoms in total. The highest BCUT2D eigenvalue weighted by molar-refractivity contribution is 9.10. The first-order valence-corrected chi connectivity index (χ1v) is 7.34. The Labute approximate surface area is 119 Å². The van der Waals surface area contributed by atoms with Gasteiger partial charge in [-0.2, -0.15) is 0 Å². The molecule has 0 aliphatic carbocycles. The molecule has 5 heteroatoms. The topological polar surface area (TPSA) is 20.7 Å². The van der Waals surface area contributed by atoms with E-state index in [0.29, 0.717) is 9.24 Å². The van der Waals surface area contributed by atoms with E-state index in [4.69, 9.17) is 12.2 Å². The maximum absolute atomic E-state index is 13.6. The third kappa shape index (κ3) is 2.52. The van der Waals surface area contributed by atoms with Crippen molar-refractivity contribution in [1.82, 2.24) is 9.55 Å². The molecule has 1 unspecified atom stereocenters. The quantitative estimate of drug-likeness (QED) is 0.749. The van der Waals surface area contributed by atoms with Crippen molar-refractivity contribution in [3.8, 4) is 0 Å². The highest BCUT2D eigenvalue weighted by Gasteiger charge is 2.13. The number of rotatable bonds is 4. The van der Waals surface area contributed by atoms with Crippen LogP contribution in [-0.4, -0.2) is 9.55 Å². The molecule has 0 aliphatic rings. The largest absolute Gasteiger partial charge is 0.331 e. The number of benzene rings is 1. The number of nitrogens with zero attached hydrogens (tertiary/aromatic N) is 1. The Morgan fingerprint density at radius 2 is 2.22 bits per heavy atom. The van der Waals surface area contributed by atoms with Gasteiger partial charge in [0, 0.05) is 12.1 Å². The fourth-order valence-corrected chi connectivity index (χ4v) is 2.92. The predicted octanol–water partition coefficient (Wildman–Crippen LogP) is 5.35. The van der Waals surface area contributed by atoms with Crippen molar-refractivity contribution in [3.63, 3.8) is 0 Å². The first-order valence-electron chi connectivity index (χ1n) is 6.13. The lowest BCUT2D eigenvalue weighted by Gasteiger charge is -2.14. The molecule has 1 aromatic carbocycles. The van der Waals surface area contributed by atoms with Crippen LogP contribution in [0.5, 0.6) is 0 Å². The first-order chi connectivity index (χ1) is 8.54. The van der Waals surface area contributed by atoms with Gasteiger partial charge in [-0.3, -0.25) is 0 Å². The van der Waals surface area contributed by atoms with Gasteiger partial charge in [0.2, 0.25) is 0 Å². The molecule has 1 atom stereocenters. The highest BCUT2D eigenvalue weighted by atomic mass is 79.9. The number of H-pyrrole nitrogens is 1. The first kappa shape index (κ1) is 13.7. The molecule has 2 aromatic rings. The summed E-state index contributed by atoms with van der Waals surface area (Å²) in [5, 5.41) is 0. The van der Waals surface area contributed by atoms with E-state index in [2.05, 4.69) is 34.8 Å². The third-order valence-corrected chi connectivity index (χ3v) is 4.08. The van der Waals surface area contributed by atoms with E-state index in [1.54, 1.807) is 6.07 Å². The van der Waals surface area contributed by atoms with Crippen molar-refractivity contribution in [2.24, 2.45) is 0 Å². The van der Waals surface area contributed by atoms with Gasteiger partial charge in [-0.05, 0) is 47.6 Å². The minimum absolute atomic E-state index is 0.257. The van der Waals surface area contributed by atoms with Crippen LogP contribution in [0.25, 0.3) is 11.0 Å². The molecule has 0 saturated carbocycles. The number of nitrogens with one attached hydrogen (secondary N) is 1. The van der Waals surface area contributed by atoms with Gasteiger partial charge in [0.15, 0.2) is 4.77 Å². The fraction of sp³-hybridized carbons (Fsp3) is 0.462. The van der Waals surface area contributed by atoms with Crippen molar-refractivity contribution in [2.75, 3.05) is 0 Å². The SMILES string of the molecule is CCCCC(C)n1c(=S)[nH]c2cc(Br)c(F)cc21. The van der Waals surface area contributed by atoms with E-state index < -0.39 is 0 Å². The number of hydrogen-bond donors (Lipinski definition) is 1. The molecule has 0 spiro atoms. The molecule has 0 radical (unpaired) electrons. The Morgan fingerprint density at radius 1 is 1.50 bits per heavy atom. The van der Waals surface area contributed by atoms with Gasteiger partial charge in [0.25, 0.3) is 0 Å². The number of unbranched alkanes of at least 4 members (excludes halogenated alkanes) is 1. The number of aromatic amines is 1. The Bertz CT molecular complexity index is 617. The summed E-state index contributed by atoms with van der Waals surface area (Å²) >= 11 is 8.53. The molecular weight excluding hydrogens is 315 g/mol. The normalized spacial score (nSPS) is 13.1. The molecule has 1 aromatic heterocycles. The molecular formula is C13H16BrFN2S. The molecule has 2 rings (SSSR count). The fourth-order valence-electron chi connectivity index (χ4n) is 2.19. The lowest BCUT2D eigenvalue weighted by atomic mass is 10.1. The van der Waals surface area contributed by atoms with E-state index in [1.165, 1.54) is 6.07 Å². The number of fused-ring (bicyclic) bond motifs is 1. The van der Waals surface area contributed by atoms with Gasteiger partial charge in [0.05, 0.1) is 15.5 Å². The standard InChI is InChI=1S/C13H16BrFN2S/c1-3-4-5-8(2)17-12-7-10(15)9(14)6-11(12)16-13(17)18/h6-8H,3-5H2,1-2H3,(H,16,18). The zero-order chi connectivity index (χ0) is 13.3. The Hall–Kier alpha value is -0.680. The summed E-state index contributed by atoms with van der Waals surface area (Å²) in [6.07, 6.45) is 3.35. The van der Waals surface area contributed by atoms with Crippen molar-refractivity contribution in [3.05, 3.63) is 27.2 Å². The second-order valence-electron chi connectivity index (χ2n) is 4.57. The molecule has 1 N–H and O–H groups in total. The number of hydrogen-bond acceptors (Lipinski definition) is 1. The summed E-state index contributed by atoms with van der Waals surface area (Å²) < 4.78 is 16.8. The average molecular weight is 331 g/mol. The van der Waals surface area contributed by atoms with Crippen LogP contribution in [-0.2, 0) is 0 Å². The number of aromatic nitrogens is 2. The van der Waals surface area contributed by atoms with Gasteiger partial charge in [-0.15, -0.1) is 0 Å². The van der Waals surface area contributed by atoms with E-state index in [1.807, 2.05) is 4.57 Å². The van der Waals surface area contributed by atoms with Gasteiger partial charge < -0.3 is 9.55 Å². The Balaban J connectivity index is 2.53. The molecule has 1 heterocycles. The smallest absolute Gasteiger partial charge is 0.178 e. The van der Waals surface area contributed by atoms with Crippen LogP contribution >= 0.6 is 28.1 Å². The van der Waals surface area contributed by atoms with Gasteiger partial charge in [0.1, 0.15) is 5.82 Å². The van der Waals surface area contributed by atoms with E-state index in [0.717, 1.165) is 30.3 Å². The van der Waals surface area contributed by atoms with Crippen LogP contribution in [0.1, 0.15) is 39.2 Å². The average Bonchev–Trinajstić information content (AvgIpc) is 2.62. The van der Waals surface area contributed by atoms with Crippen molar-refractivity contribution in [1.29, 1.82) is 0 Å². The molecule has 18 heavy (non-hydrogen) atoms. The predicted molar refractivity (Wildman–Crippen MR) is 79.0 cm³/mol. The van der Waals surface area contributed by atoms with Gasteiger partial charge >= 0.3 is 0 Å². The summed E-state index contributed by atoms with van der Waals surface area (Å²) in [4.78, 5) is 3.13. The number of imidazole rings is 1. The molecule has 0 saturated heterocycles. The second kappa shape index (κ2) is 5.53. The van der Waals surface area contributed by atoms with Crippen LogP contribution in [0.3, 0.4) is 0 Å². The summed E-state index contributed by atoms with van der Waals surface area (Å²) in [7, 11) is 0. The van der Waals surface area contributed by atoms with Crippen LogP contribution in [0, 0.1) is 10.6 Å². The van der Waals surface area contributed by atoms with E-state index in [9.17, 15) is 4.39 Å². The molecule has 0 amide bonds. The van der Waals surface area contributed by atoms with Crippen LogP contribution < -0.4 is 0 Å². The van der Waals surface area contributed by atoms with Crippen molar-refractivity contribution >= 4 is 39.2 Å². The Kier molecular flexibility index (Phi) is 4.22. The highest BCUT2D eigenvalue weighted by Crippen LogP contribution is 2.27. The zero-order valence-corrected chi connectivity index (χ0v) is 12.9. The number of halogens is 2. The van der Waals surface area contributed by atoms with Crippen LogP contribution in [0.15, 0.2) is 16.6 Å². The monoisotopic (exact) mass is 330 g/mol. The summed E-state index contributed by atoms with van der Waals surface area (Å²) in [5.74, 6) is -0.257. The van der Waals surface area contributed by atoms with Gasteiger partial charge in [-0.1, -0.05) is 19.8 Å². The molecule has 98 valence electrons. The van der Waals surface area contributed by atoms with Crippen LogP contribution in [0.2, 0.25) is 0 Å². The summed E-state index contributed by atoms with van der Waals surface area (Å²) in [6.45, 7) is 4.29. The summed E-state index contributed by atoms with van der Waals surface area (Å²) in [6, 6.07) is 3.56. The van der Waals surface area contributed by atoms with Gasteiger partial charge in [-0.25, -0.2) is 4.39 Å².